The fourth-order valence-corrected chi connectivity index (χ4v) is 5.00. The minimum Gasteiger partial charge on any atom is -0.790 e. The van der Waals surface area contributed by atoms with Gasteiger partial charge in [-0.05, 0) is 25.0 Å². The van der Waals surface area contributed by atoms with Crippen molar-refractivity contribution in [1.29, 1.82) is 0 Å². The molecule has 0 aromatic carbocycles. The third kappa shape index (κ3) is 35.4. The van der Waals surface area contributed by atoms with Crippen LogP contribution in [0.15, 0.2) is 0 Å². The third-order valence-corrected chi connectivity index (χ3v) is 7.27. The Bertz CT molecular complexity index is 555. The van der Waals surface area contributed by atoms with Crippen molar-refractivity contribution in [3.8, 4) is 0 Å². The van der Waals surface area contributed by atoms with Gasteiger partial charge in [-0.1, -0.05) is 90.4 Å². The van der Waals surface area contributed by atoms with Gasteiger partial charge in [0.25, 0.3) is 6.47 Å². The fourth-order valence-electron chi connectivity index (χ4n) is 3.65. The van der Waals surface area contributed by atoms with E-state index in [1.165, 1.54) is 44.9 Å². The van der Waals surface area contributed by atoms with Crippen LogP contribution in [0.5, 0.6) is 0 Å². The van der Waals surface area contributed by atoms with E-state index in [1.54, 1.807) is 11.8 Å². The normalized spacial score (nSPS) is 11.8. The van der Waals surface area contributed by atoms with Crippen LogP contribution in [0.2, 0.25) is 0 Å². The second-order valence-electron chi connectivity index (χ2n) is 8.95. The van der Waals surface area contributed by atoms with E-state index in [9.17, 15) is 23.9 Å². The summed E-state index contributed by atoms with van der Waals surface area (Å²) in [5.74, 6) is 0.879. The second-order valence-corrected chi connectivity index (χ2v) is 11.3. The van der Waals surface area contributed by atoms with E-state index >= 15 is 0 Å². The van der Waals surface area contributed by atoms with Gasteiger partial charge in [0.05, 0.1) is 21.0 Å². The van der Waals surface area contributed by atoms with Crippen molar-refractivity contribution in [1.82, 2.24) is 0 Å². The van der Waals surface area contributed by atoms with Crippen molar-refractivity contribution >= 4 is 32.0 Å². The van der Waals surface area contributed by atoms with Crippen LogP contribution in [0.3, 0.4) is 0 Å². The molecule has 0 radical (unpaired) electrons. The minimum absolute atomic E-state index is 0. The number of hydrogen-bond donors (Lipinski definition) is 0. The molecule has 12 heteroatoms. The largest absolute Gasteiger partial charge is 1.00 e. The molecule has 8 nitrogen and oxygen atoms in total. The predicted octanol–water partition coefficient (Wildman–Crippen LogP) is -0.691. The summed E-state index contributed by atoms with van der Waals surface area (Å²) in [5.41, 5.74) is 0. The molecule has 0 unspecified atom stereocenters. The number of rotatable bonds is 27. The van der Waals surface area contributed by atoms with Gasteiger partial charge in [-0.15, -0.1) is 0 Å². The Labute approximate surface area is 273 Å². The average molecular weight is 585 g/mol. The van der Waals surface area contributed by atoms with Crippen LogP contribution < -0.4 is 68.9 Å². The van der Waals surface area contributed by atoms with Gasteiger partial charge in [0.15, 0.2) is 0 Å². The number of hydrogen-bond acceptors (Lipinski definition) is 9. The number of unbranched alkanes of at least 4 members (excludes halogenated alkanes) is 14. The van der Waals surface area contributed by atoms with Gasteiger partial charge in [-0.3, -0.25) is 9.59 Å². The van der Waals surface area contributed by atoms with E-state index in [-0.39, 0.29) is 65.1 Å². The van der Waals surface area contributed by atoms with Crippen molar-refractivity contribution in [2.75, 3.05) is 24.7 Å². The molecule has 0 aliphatic carbocycles. The van der Waals surface area contributed by atoms with Crippen LogP contribution >= 0.6 is 19.6 Å². The van der Waals surface area contributed by atoms with Crippen LogP contribution in [0.25, 0.3) is 0 Å². The van der Waals surface area contributed by atoms with Crippen molar-refractivity contribution in [2.24, 2.45) is 0 Å². The Hall–Kier alpha value is 1.40. The molecule has 0 bridgehead atoms. The average Bonchev–Trinajstić information content (AvgIpc) is 2.81. The molecule has 0 saturated carbocycles. The summed E-state index contributed by atoms with van der Waals surface area (Å²) < 4.78 is 25.3. The summed E-state index contributed by atoms with van der Waals surface area (Å²) in [6, 6.07) is 0. The first-order chi connectivity index (χ1) is 16.9. The van der Waals surface area contributed by atoms with E-state index < -0.39 is 20.5 Å². The smallest absolute Gasteiger partial charge is 0.790 e. The SMILES string of the molecule is CCCCCCCCCCCCC(=O)O[C@H](COP(=O)([O-])[O-])CSCCCCCCCCOC=O.[Na+].[Na+]. The molecule has 0 rings (SSSR count). The fraction of sp³-hybridized carbons (Fsp3) is 0.920. The van der Waals surface area contributed by atoms with Gasteiger partial charge in [0.1, 0.15) is 6.10 Å². The first-order valence-electron chi connectivity index (χ1n) is 13.4. The summed E-state index contributed by atoms with van der Waals surface area (Å²) in [6.07, 6.45) is 17.4. The van der Waals surface area contributed by atoms with Gasteiger partial charge in [-0.25, -0.2) is 0 Å². The van der Waals surface area contributed by atoms with Gasteiger partial charge < -0.3 is 28.3 Å². The first kappa shape index (κ1) is 42.9. The van der Waals surface area contributed by atoms with Crippen LogP contribution in [0, 0.1) is 0 Å². The molecule has 1 atom stereocenters. The molecule has 0 aromatic rings. The van der Waals surface area contributed by atoms with Gasteiger partial charge in [0.2, 0.25) is 0 Å². The summed E-state index contributed by atoms with van der Waals surface area (Å²) >= 11 is 1.56. The molecule has 0 spiro atoms. The molecule has 0 aliphatic heterocycles. The van der Waals surface area contributed by atoms with Crippen LogP contribution in [0.4, 0.5) is 0 Å². The van der Waals surface area contributed by atoms with Gasteiger partial charge in [-0.2, -0.15) is 11.8 Å². The Morgan fingerprint density at radius 3 is 1.89 bits per heavy atom. The number of phosphoric acid groups is 1. The number of thioether (sulfide) groups is 1. The molecule has 0 heterocycles. The standard InChI is InChI=1S/C25H49O8PS.2Na/c1-2-3-4-5-6-7-8-9-12-15-18-25(27)33-24(21-32-34(28,29)30)22-35-20-17-14-11-10-13-16-19-31-23-26;;/h23-24H,2-22H2,1H3,(H2,28,29,30);;/q;2*+1/p-2/t24-;;/m1../s1. The van der Waals surface area contributed by atoms with E-state index in [0.717, 1.165) is 63.5 Å². The summed E-state index contributed by atoms with van der Waals surface area (Å²) in [4.78, 5) is 43.9. The molecule has 0 fully saturated rings. The molecule has 0 aromatic heterocycles. The maximum absolute atomic E-state index is 12.2. The maximum atomic E-state index is 12.2. The van der Waals surface area contributed by atoms with E-state index in [2.05, 4.69) is 16.2 Å². The number of phosphoric ester groups is 1. The Morgan fingerprint density at radius 1 is 0.838 bits per heavy atom. The summed E-state index contributed by atoms with van der Waals surface area (Å²) in [6.45, 7) is 2.73. The number of carbonyl (C=O) groups is 2. The van der Waals surface area contributed by atoms with Crippen LogP contribution in [-0.2, 0) is 28.2 Å². The third-order valence-electron chi connectivity index (χ3n) is 5.62. The van der Waals surface area contributed by atoms with E-state index in [4.69, 9.17) is 4.74 Å². The molecule has 37 heavy (non-hydrogen) atoms. The number of carbonyl (C=O) groups excluding carboxylic acids is 2. The quantitative estimate of drug-likeness (QED) is 0.0406. The van der Waals surface area contributed by atoms with E-state index in [1.807, 2.05) is 0 Å². The summed E-state index contributed by atoms with van der Waals surface area (Å²) in [7, 11) is -5.11. The molecular formula is C25H47Na2O8PS. The topological polar surface area (TPSA) is 125 Å². The molecule has 0 saturated heterocycles. The molecular weight excluding hydrogens is 537 g/mol. The monoisotopic (exact) mass is 584 g/mol. The Kier molecular flexibility index (Phi) is 37.0. The second kappa shape index (κ2) is 31.9. The van der Waals surface area contributed by atoms with Crippen molar-refractivity contribution in [3.05, 3.63) is 0 Å². The first-order valence-corrected chi connectivity index (χ1v) is 16.0. The Balaban J connectivity index is -0.00000578. The van der Waals surface area contributed by atoms with Gasteiger partial charge in [0, 0.05) is 12.2 Å². The molecule has 0 amide bonds. The zero-order chi connectivity index (χ0) is 26.0. The zero-order valence-electron chi connectivity index (χ0n) is 23.6. The minimum atomic E-state index is -5.11. The summed E-state index contributed by atoms with van der Waals surface area (Å²) in [5, 5.41) is 0. The molecule has 0 N–H and O–H groups in total. The molecule has 208 valence electrons. The zero-order valence-corrected chi connectivity index (χ0v) is 29.3. The van der Waals surface area contributed by atoms with Crippen molar-refractivity contribution in [2.45, 2.75) is 122 Å². The van der Waals surface area contributed by atoms with Crippen molar-refractivity contribution < 1.29 is 97.1 Å². The van der Waals surface area contributed by atoms with Gasteiger partial charge >= 0.3 is 65.1 Å². The van der Waals surface area contributed by atoms with Crippen LogP contribution in [0.1, 0.15) is 116 Å². The Morgan fingerprint density at radius 2 is 1.35 bits per heavy atom. The predicted molar refractivity (Wildman–Crippen MR) is 137 cm³/mol. The van der Waals surface area contributed by atoms with E-state index in [0.29, 0.717) is 25.3 Å². The molecule has 0 aliphatic rings. The maximum Gasteiger partial charge on any atom is 1.00 e. The van der Waals surface area contributed by atoms with Crippen molar-refractivity contribution in [3.63, 3.8) is 0 Å². The number of esters is 1. The van der Waals surface area contributed by atoms with Crippen LogP contribution in [-0.4, -0.2) is 43.3 Å². The number of ether oxygens (including phenoxy) is 2.